The van der Waals surface area contributed by atoms with Crippen LogP contribution in [-0.4, -0.2) is 49.4 Å². The van der Waals surface area contributed by atoms with Crippen molar-refractivity contribution in [2.45, 2.75) is 11.6 Å². The van der Waals surface area contributed by atoms with E-state index in [0.717, 1.165) is 32.3 Å². The average Bonchev–Trinajstić information content (AvgIpc) is 2.97. The van der Waals surface area contributed by atoms with E-state index in [4.69, 9.17) is 11.6 Å². The third-order valence-corrected chi connectivity index (χ3v) is 5.96. The van der Waals surface area contributed by atoms with Crippen molar-refractivity contribution in [2.75, 3.05) is 18.8 Å². The van der Waals surface area contributed by atoms with Gasteiger partial charge in [0.1, 0.15) is 5.82 Å². The summed E-state index contributed by atoms with van der Waals surface area (Å²) in [6.07, 6.45) is -3.42. The number of hydrogen-bond donors (Lipinski definition) is 1. The molecule has 0 aliphatic rings. The molecule has 2 aromatic rings. The summed E-state index contributed by atoms with van der Waals surface area (Å²) in [6, 6.07) is 2.69. The summed E-state index contributed by atoms with van der Waals surface area (Å²) in [5.74, 6) is -2.12. The van der Waals surface area contributed by atoms with Gasteiger partial charge in [0.25, 0.3) is 21.6 Å². The number of aromatic nitrogens is 3. The number of rotatable bonds is 6. The summed E-state index contributed by atoms with van der Waals surface area (Å²) in [6.45, 7) is 0. The molecule has 2 rings (SSSR count). The molecule has 0 radical (unpaired) electrons. The molecule has 26 heavy (non-hydrogen) atoms. The maximum atomic E-state index is 13.1. The number of anilines is 1. The van der Waals surface area contributed by atoms with Crippen molar-refractivity contribution in [1.82, 2.24) is 18.5 Å². The quantitative estimate of drug-likeness (QED) is 0.737. The van der Waals surface area contributed by atoms with Gasteiger partial charge in [-0.05, 0) is 18.2 Å². The molecule has 1 heterocycles. The Morgan fingerprint density at radius 2 is 1.85 bits per heavy atom. The molecule has 1 aromatic heterocycles. The van der Waals surface area contributed by atoms with Crippen molar-refractivity contribution < 1.29 is 30.0 Å². The van der Waals surface area contributed by atoms with E-state index in [1.165, 1.54) is 0 Å². The van der Waals surface area contributed by atoms with E-state index in [1.54, 1.807) is 0 Å². The molecule has 15 heteroatoms. The van der Waals surface area contributed by atoms with E-state index in [1.807, 2.05) is 4.72 Å². The SMILES string of the molecule is CN(C)S(=O)(=O)n1nc(S(=O)(=O)Nc2ccc(F)cc2Cl)nc1C(F)F. The number of nitrogens with one attached hydrogen (secondary N) is 1. The van der Waals surface area contributed by atoms with Gasteiger partial charge in [0, 0.05) is 14.1 Å². The van der Waals surface area contributed by atoms with Gasteiger partial charge in [0.15, 0.2) is 0 Å². The van der Waals surface area contributed by atoms with Gasteiger partial charge in [-0.2, -0.15) is 26.1 Å². The monoisotopic (exact) mass is 433 g/mol. The molecule has 0 bridgehead atoms. The normalized spacial score (nSPS) is 12.8. The van der Waals surface area contributed by atoms with Gasteiger partial charge in [-0.1, -0.05) is 11.6 Å². The first-order valence-corrected chi connectivity index (χ1v) is 9.78. The third kappa shape index (κ3) is 3.92. The fourth-order valence-electron chi connectivity index (χ4n) is 1.63. The largest absolute Gasteiger partial charge is 0.324 e. The van der Waals surface area contributed by atoms with Gasteiger partial charge in [-0.15, -0.1) is 9.19 Å². The number of alkyl halides is 2. The van der Waals surface area contributed by atoms with Crippen LogP contribution in [0, 0.1) is 5.82 Å². The van der Waals surface area contributed by atoms with Crippen molar-refractivity contribution in [3.05, 3.63) is 34.9 Å². The molecule has 0 spiro atoms. The van der Waals surface area contributed by atoms with Crippen molar-refractivity contribution >= 4 is 37.5 Å². The predicted octanol–water partition coefficient (Wildman–Crippen LogP) is 1.46. The highest BCUT2D eigenvalue weighted by atomic mass is 35.5. The minimum absolute atomic E-state index is 0.182. The summed E-state index contributed by atoms with van der Waals surface area (Å²) >= 11 is 5.69. The van der Waals surface area contributed by atoms with Gasteiger partial charge in [-0.25, -0.2) is 13.2 Å². The third-order valence-electron chi connectivity index (χ3n) is 2.87. The first-order chi connectivity index (χ1) is 11.9. The van der Waals surface area contributed by atoms with Crippen molar-refractivity contribution in [1.29, 1.82) is 0 Å². The number of halogens is 4. The molecule has 0 aliphatic carbocycles. The second-order valence-corrected chi connectivity index (χ2v) is 8.87. The number of benzene rings is 1. The molecule has 0 saturated heterocycles. The zero-order valence-corrected chi connectivity index (χ0v) is 15.4. The zero-order chi connectivity index (χ0) is 19.9. The van der Waals surface area contributed by atoms with Crippen molar-refractivity contribution in [3.8, 4) is 0 Å². The molecule has 0 amide bonds. The molecule has 0 aliphatic heterocycles. The van der Waals surface area contributed by atoms with Crippen LogP contribution in [0.3, 0.4) is 0 Å². The summed E-state index contributed by atoms with van der Waals surface area (Å²) < 4.78 is 90.0. The highest BCUT2D eigenvalue weighted by Crippen LogP contribution is 2.26. The molecular weight excluding hydrogens is 423 g/mol. The molecule has 144 valence electrons. The van der Waals surface area contributed by atoms with Crippen LogP contribution in [0.15, 0.2) is 23.4 Å². The van der Waals surface area contributed by atoms with Gasteiger partial charge >= 0.3 is 10.2 Å². The standard InChI is InChI=1S/C11H11ClF3N5O4S2/c1-19(2)26(23,24)20-10(9(14)15)16-11(17-20)25(21,22)18-8-4-3-6(13)5-7(8)12/h3-5,9,18H,1-2H3. The van der Waals surface area contributed by atoms with E-state index >= 15 is 0 Å². The Balaban J connectivity index is 2.54. The lowest BCUT2D eigenvalue weighted by molar-refractivity contribution is 0.138. The van der Waals surface area contributed by atoms with E-state index in [-0.39, 0.29) is 14.8 Å². The Morgan fingerprint density at radius 1 is 1.23 bits per heavy atom. The lowest BCUT2D eigenvalue weighted by Gasteiger charge is -2.11. The molecule has 1 aromatic carbocycles. The number of hydrogen-bond acceptors (Lipinski definition) is 6. The van der Waals surface area contributed by atoms with Crippen molar-refractivity contribution in [3.63, 3.8) is 0 Å². The van der Waals surface area contributed by atoms with Crippen LogP contribution in [-0.2, 0) is 20.2 Å². The number of nitrogens with zero attached hydrogens (tertiary/aromatic N) is 4. The van der Waals surface area contributed by atoms with Gasteiger partial charge in [-0.3, -0.25) is 4.72 Å². The summed E-state index contributed by atoms with van der Waals surface area (Å²) in [7, 11) is -7.16. The van der Waals surface area contributed by atoms with Crippen molar-refractivity contribution in [2.24, 2.45) is 0 Å². The smallest absolute Gasteiger partial charge is 0.275 e. The minimum Gasteiger partial charge on any atom is -0.275 e. The van der Waals surface area contributed by atoms with Crippen LogP contribution in [0.5, 0.6) is 0 Å². The average molecular weight is 434 g/mol. The fourth-order valence-corrected chi connectivity index (χ4v) is 3.76. The van der Waals surface area contributed by atoms with Crippen LogP contribution in [0.25, 0.3) is 0 Å². The fraction of sp³-hybridized carbons (Fsp3) is 0.273. The molecule has 1 N–H and O–H groups in total. The maximum absolute atomic E-state index is 13.1. The topological polar surface area (TPSA) is 114 Å². The Kier molecular flexibility index (Phi) is 5.51. The van der Waals surface area contributed by atoms with Crippen LogP contribution in [0.1, 0.15) is 12.2 Å². The van der Waals surface area contributed by atoms with Crippen LogP contribution >= 0.6 is 11.6 Å². The van der Waals surface area contributed by atoms with E-state index in [9.17, 15) is 30.0 Å². The highest BCUT2D eigenvalue weighted by molar-refractivity contribution is 7.92. The van der Waals surface area contributed by atoms with Crippen LogP contribution in [0.4, 0.5) is 18.9 Å². The van der Waals surface area contributed by atoms with E-state index < -0.39 is 43.5 Å². The Labute approximate surface area is 151 Å². The summed E-state index contributed by atoms with van der Waals surface area (Å²) in [5.41, 5.74) is -0.279. The number of sulfonamides is 1. The highest BCUT2D eigenvalue weighted by Gasteiger charge is 2.33. The second kappa shape index (κ2) is 7.02. The zero-order valence-electron chi connectivity index (χ0n) is 13.1. The van der Waals surface area contributed by atoms with Crippen LogP contribution < -0.4 is 4.72 Å². The van der Waals surface area contributed by atoms with Gasteiger partial charge in [0.05, 0.1) is 10.7 Å². The van der Waals surface area contributed by atoms with Crippen LogP contribution in [0.2, 0.25) is 5.02 Å². The molecule has 0 atom stereocenters. The lowest BCUT2D eigenvalue weighted by atomic mass is 10.3. The van der Waals surface area contributed by atoms with E-state index in [0.29, 0.717) is 4.31 Å². The first kappa shape index (κ1) is 20.4. The second-order valence-electron chi connectivity index (χ2n) is 4.92. The molecule has 0 fully saturated rings. The summed E-state index contributed by atoms with van der Waals surface area (Å²) in [4.78, 5) is 3.10. The van der Waals surface area contributed by atoms with E-state index in [2.05, 4.69) is 10.1 Å². The summed E-state index contributed by atoms with van der Waals surface area (Å²) in [5, 5.41) is 1.63. The Bertz CT molecular complexity index is 1040. The molecule has 0 unspecified atom stereocenters. The van der Waals surface area contributed by atoms with Gasteiger partial charge < -0.3 is 0 Å². The molecular formula is C11H11ClF3N5O4S2. The lowest BCUT2D eigenvalue weighted by Crippen LogP contribution is -2.31. The molecule has 0 saturated carbocycles. The van der Waals surface area contributed by atoms with Gasteiger partial charge in [0.2, 0.25) is 5.82 Å². The first-order valence-electron chi connectivity index (χ1n) is 6.52. The molecule has 9 nitrogen and oxygen atoms in total. The predicted molar refractivity (Wildman–Crippen MR) is 85.2 cm³/mol. The maximum Gasteiger partial charge on any atom is 0.324 e. The minimum atomic E-state index is -4.69. The Hall–Kier alpha value is -1.90. The Morgan fingerprint density at radius 3 is 2.35 bits per heavy atom.